The van der Waals surface area contributed by atoms with Crippen LogP contribution in [0.5, 0.6) is 0 Å². The summed E-state index contributed by atoms with van der Waals surface area (Å²) in [6.45, 7) is 4.22. The van der Waals surface area contributed by atoms with Gasteiger partial charge in [-0.05, 0) is 6.42 Å². The predicted molar refractivity (Wildman–Crippen MR) is 100 cm³/mol. The summed E-state index contributed by atoms with van der Waals surface area (Å²) >= 11 is 0. The standard InChI is InChI=1S/C19H32O10/c1-2-3-4-5-17(21)28-14-12-26-10-8-25-9-11-27-13-15-29-18(22)7-6-16(20)19(23)24/h2-15H2,1H3,(H,23,24). The molecule has 10 heteroatoms. The third-order valence-electron chi connectivity index (χ3n) is 3.50. The second kappa shape index (κ2) is 19.3. The van der Waals surface area contributed by atoms with Crippen molar-refractivity contribution in [3.63, 3.8) is 0 Å². The molecular weight excluding hydrogens is 388 g/mol. The largest absolute Gasteiger partial charge is 0.476 e. The number of rotatable bonds is 20. The lowest BCUT2D eigenvalue weighted by molar-refractivity contribution is -0.151. The van der Waals surface area contributed by atoms with E-state index in [1.54, 1.807) is 0 Å². The molecule has 0 saturated heterocycles. The minimum Gasteiger partial charge on any atom is -0.476 e. The van der Waals surface area contributed by atoms with Crippen molar-refractivity contribution in [2.75, 3.05) is 52.9 Å². The zero-order chi connectivity index (χ0) is 21.7. The van der Waals surface area contributed by atoms with E-state index < -0.39 is 17.7 Å². The second-order valence-electron chi connectivity index (χ2n) is 5.96. The second-order valence-corrected chi connectivity index (χ2v) is 5.96. The van der Waals surface area contributed by atoms with E-state index in [1.807, 2.05) is 0 Å². The predicted octanol–water partition coefficient (Wildman–Crippen LogP) is 1.14. The Bertz CT molecular complexity index is 478. The Kier molecular flexibility index (Phi) is 17.9. The van der Waals surface area contributed by atoms with Crippen molar-refractivity contribution in [1.82, 2.24) is 0 Å². The fraction of sp³-hybridized carbons (Fsp3) is 0.789. The van der Waals surface area contributed by atoms with Gasteiger partial charge in [0.1, 0.15) is 13.2 Å². The highest BCUT2D eigenvalue weighted by Crippen LogP contribution is 2.00. The molecule has 0 fully saturated rings. The van der Waals surface area contributed by atoms with Crippen LogP contribution in [0.1, 0.15) is 45.4 Å². The van der Waals surface area contributed by atoms with Gasteiger partial charge in [0.05, 0.1) is 46.1 Å². The summed E-state index contributed by atoms with van der Waals surface area (Å²) in [5.41, 5.74) is 0. The Morgan fingerprint density at radius 3 is 1.52 bits per heavy atom. The van der Waals surface area contributed by atoms with Crippen LogP contribution in [-0.2, 0) is 42.9 Å². The highest BCUT2D eigenvalue weighted by molar-refractivity contribution is 6.32. The first-order valence-electron chi connectivity index (χ1n) is 9.78. The number of esters is 2. The number of hydrogen-bond donors (Lipinski definition) is 1. The van der Waals surface area contributed by atoms with Crippen LogP contribution in [0.3, 0.4) is 0 Å². The average molecular weight is 420 g/mol. The molecule has 29 heavy (non-hydrogen) atoms. The van der Waals surface area contributed by atoms with Crippen LogP contribution >= 0.6 is 0 Å². The van der Waals surface area contributed by atoms with Crippen LogP contribution < -0.4 is 0 Å². The van der Waals surface area contributed by atoms with Crippen molar-refractivity contribution in [2.45, 2.75) is 45.4 Å². The van der Waals surface area contributed by atoms with Crippen molar-refractivity contribution in [1.29, 1.82) is 0 Å². The number of carboxylic acids is 1. The third kappa shape index (κ3) is 19.1. The lowest BCUT2D eigenvalue weighted by Gasteiger charge is -2.08. The number of carbonyl (C=O) groups is 4. The smallest absolute Gasteiger partial charge is 0.372 e. The summed E-state index contributed by atoms with van der Waals surface area (Å²) in [5, 5.41) is 8.38. The molecule has 0 spiro atoms. The fourth-order valence-corrected chi connectivity index (χ4v) is 1.96. The van der Waals surface area contributed by atoms with Gasteiger partial charge in [-0.2, -0.15) is 0 Å². The van der Waals surface area contributed by atoms with Crippen LogP contribution in [0.15, 0.2) is 0 Å². The first-order chi connectivity index (χ1) is 14.0. The zero-order valence-electron chi connectivity index (χ0n) is 17.0. The fourth-order valence-electron chi connectivity index (χ4n) is 1.96. The number of hydrogen-bond acceptors (Lipinski definition) is 9. The first kappa shape index (κ1) is 27.0. The Morgan fingerprint density at radius 1 is 0.621 bits per heavy atom. The quantitative estimate of drug-likeness (QED) is 0.173. The molecule has 0 heterocycles. The van der Waals surface area contributed by atoms with Crippen molar-refractivity contribution in [3.05, 3.63) is 0 Å². The average Bonchev–Trinajstić information content (AvgIpc) is 2.69. The van der Waals surface area contributed by atoms with Gasteiger partial charge in [0.25, 0.3) is 0 Å². The van der Waals surface area contributed by atoms with Gasteiger partial charge in [0, 0.05) is 12.8 Å². The number of unbranched alkanes of at least 4 members (excludes halogenated alkanes) is 2. The van der Waals surface area contributed by atoms with Crippen LogP contribution in [0.25, 0.3) is 0 Å². The Labute approximate surface area is 170 Å². The number of aliphatic carboxylic acids is 1. The molecule has 0 aliphatic rings. The molecule has 0 unspecified atom stereocenters. The maximum absolute atomic E-state index is 11.3. The molecule has 0 aromatic heterocycles. The van der Waals surface area contributed by atoms with Crippen molar-refractivity contribution >= 4 is 23.7 Å². The van der Waals surface area contributed by atoms with E-state index in [0.717, 1.165) is 19.3 Å². The topological polar surface area (TPSA) is 135 Å². The molecule has 168 valence electrons. The Balaban J connectivity index is 3.27. The first-order valence-corrected chi connectivity index (χ1v) is 9.78. The van der Waals surface area contributed by atoms with Crippen LogP contribution in [0.2, 0.25) is 0 Å². The Hall–Kier alpha value is -2.04. The van der Waals surface area contributed by atoms with Gasteiger partial charge in [0.15, 0.2) is 0 Å². The van der Waals surface area contributed by atoms with Crippen LogP contribution in [-0.4, -0.2) is 81.7 Å². The maximum Gasteiger partial charge on any atom is 0.372 e. The van der Waals surface area contributed by atoms with Crippen LogP contribution in [0, 0.1) is 0 Å². The van der Waals surface area contributed by atoms with Gasteiger partial charge in [-0.15, -0.1) is 0 Å². The van der Waals surface area contributed by atoms with E-state index in [9.17, 15) is 19.2 Å². The minimum atomic E-state index is -1.56. The number of carboxylic acid groups (broad SMARTS) is 1. The van der Waals surface area contributed by atoms with Gasteiger partial charge < -0.3 is 28.8 Å². The number of carbonyl (C=O) groups excluding carboxylic acids is 3. The molecule has 0 aliphatic carbocycles. The number of Topliss-reactive ketones (excluding diaryl/α,β-unsaturated/α-hetero) is 1. The summed E-state index contributed by atoms with van der Waals surface area (Å²) < 4.78 is 25.6. The monoisotopic (exact) mass is 420 g/mol. The lowest BCUT2D eigenvalue weighted by atomic mass is 10.2. The summed E-state index contributed by atoms with van der Waals surface area (Å²) in [5.74, 6) is -3.44. The van der Waals surface area contributed by atoms with Gasteiger partial charge in [-0.3, -0.25) is 14.4 Å². The molecule has 10 nitrogen and oxygen atoms in total. The molecule has 0 amide bonds. The third-order valence-corrected chi connectivity index (χ3v) is 3.50. The molecular formula is C19H32O10. The molecule has 0 aromatic carbocycles. The molecule has 0 aromatic rings. The molecule has 0 aliphatic heterocycles. The summed E-state index contributed by atoms with van der Waals surface area (Å²) in [6, 6.07) is 0. The lowest BCUT2D eigenvalue weighted by Crippen LogP contribution is -2.17. The van der Waals surface area contributed by atoms with Crippen molar-refractivity contribution in [2.24, 2.45) is 0 Å². The zero-order valence-corrected chi connectivity index (χ0v) is 17.0. The van der Waals surface area contributed by atoms with Gasteiger partial charge in [-0.25, -0.2) is 4.79 Å². The van der Waals surface area contributed by atoms with E-state index in [-0.39, 0.29) is 38.6 Å². The molecule has 0 bridgehead atoms. The SMILES string of the molecule is CCCCCC(=O)OCCOCCOCCOCCOC(=O)CCC(=O)C(=O)O. The van der Waals surface area contributed by atoms with E-state index in [1.165, 1.54) is 0 Å². The summed E-state index contributed by atoms with van der Waals surface area (Å²) in [7, 11) is 0. The molecule has 0 atom stereocenters. The highest BCUT2D eigenvalue weighted by Gasteiger charge is 2.14. The number of ether oxygens (including phenoxy) is 5. The molecule has 0 saturated carbocycles. The van der Waals surface area contributed by atoms with Gasteiger partial charge in [0.2, 0.25) is 5.78 Å². The highest BCUT2D eigenvalue weighted by atomic mass is 16.6. The van der Waals surface area contributed by atoms with E-state index in [4.69, 9.17) is 28.8 Å². The van der Waals surface area contributed by atoms with Crippen molar-refractivity contribution in [3.8, 4) is 0 Å². The van der Waals surface area contributed by atoms with Crippen LogP contribution in [0.4, 0.5) is 0 Å². The van der Waals surface area contributed by atoms with Gasteiger partial charge >= 0.3 is 17.9 Å². The summed E-state index contributed by atoms with van der Waals surface area (Å²) in [4.78, 5) is 43.7. The van der Waals surface area contributed by atoms with E-state index in [0.29, 0.717) is 39.5 Å². The Morgan fingerprint density at radius 2 is 1.07 bits per heavy atom. The number of ketones is 1. The van der Waals surface area contributed by atoms with E-state index in [2.05, 4.69) is 6.92 Å². The normalized spacial score (nSPS) is 10.5. The molecule has 1 N–H and O–H groups in total. The maximum atomic E-state index is 11.3. The summed E-state index contributed by atoms with van der Waals surface area (Å²) in [6.07, 6.45) is 2.73. The van der Waals surface area contributed by atoms with Gasteiger partial charge in [-0.1, -0.05) is 19.8 Å². The molecule has 0 rings (SSSR count). The van der Waals surface area contributed by atoms with E-state index >= 15 is 0 Å². The molecule has 0 radical (unpaired) electrons. The van der Waals surface area contributed by atoms with Crippen molar-refractivity contribution < 1.29 is 48.0 Å². The minimum absolute atomic E-state index is 0.0143.